The molecule has 0 aromatic rings. The monoisotopic (exact) mass is 243 g/mol. The van der Waals surface area contributed by atoms with Crippen LogP contribution in [0.15, 0.2) is 0 Å². The fraction of sp³-hybridized carbons (Fsp3) is 0.727. The van der Waals surface area contributed by atoms with Crippen LogP contribution in [-0.2, 0) is 19.1 Å². The fourth-order valence-electron chi connectivity index (χ4n) is 1.54. The molecule has 6 heteroatoms. The van der Waals surface area contributed by atoms with E-state index in [1.165, 1.54) is 4.90 Å². The summed E-state index contributed by atoms with van der Waals surface area (Å²) in [7, 11) is 0. The molecule has 0 aliphatic heterocycles. The van der Waals surface area contributed by atoms with E-state index in [9.17, 15) is 14.4 Å². The van der Waals surface area contributed by atoms with E-state index in [0.29, 0.717) is 0 Å². The van der Waals surface area contributed by atoms with Crippen molar-refractivity contribution in [2.45, 2.75) is 38.6 Å². The van der Waals surface area contributed by atoms with Crippen LogP contribution in [0, 0.1) is 0 Å². The van der Waals surface area contributed by atoms with Crippen molar-refractivity contribution >= 4 is 17.8 Å². The third-order valence-corrected chi connectivity index (χ3v) is 2.46. The number of carboxylic acid groups (broad SMARTS) is 1. The van der Waals surface area contributed by atoms with Gasteiger partial charge in [0, 0.05) is 12.5 Å². The first-order chi connectivity index (χ1) is 8.04. The maximum Gasteiger partial charge on any atom is 0.323 e. The van der Waals surface area contributed by atoms with Crippen LogP contribution in [0.25, 0.3) is 0 Å². The Morgan fingerprint density at radius 2 is 1.94 bits per heavy atom. The summed E-state index contributed by atoms with van der Waals surface area (Å²) in [4.78, 5) is 34.7. The van der Waals surface area contributed by atoms with E-state index < -0.39 is 11.9 Å². The Balaban J connectivity index is 2.37. The molecule has 0 aromatic heterocycles. The largest absolute Gasteiger partial charge is 0.480 e. The Morgan fingerprint density at radius 1 is 1.29 bits per heavy atom. The Bertz CT molecular complexity index is 311. The predicted molar refractivity (Wildman–Crippen MR) is 58.2 cm³/mol. The standard InChI is InChI=1S/C11H17NO5/c1-2-17-11(16)6-5-9(13)12(7-10(14)15)8-3-4-8/h8H,2-7H2,1H3,(H,14,15). The minimum Gasteiger partial charge on any atom is -0.480 e. The third kappa shape index (κ3) is 4.84. The third-order valence-electron chi connectivity index (χ3n) is 2.46. The number of carboxylic acids is 1. The van der Waals surface area contributed by atoms with E-state index in [-0.39, 0.29) is 37.9 Å². The van der Waals surface area contributed by atoms with Crippen LogP contribution in [0.5, 0.6) is 0 Å². The second-order valence-corrected chi connectivity index (χ2v) is 3.95. The van der Waals surface area contributed by atoms with Crippen LogP contribution < -0.4 is 0 Å². The second kappa shape index (κ2) is 6.22. The van der Waals surface area contributed by atoms with Gasteiger partial charge in [0.15, 0.2) is 0 Å². The molecule has 1 saturated carbocycles. The quantitative estimate of drug-likeness (QED) is 0.654. The molecule has 1 amide bonds. The SMILES string of the molecule is CCOC(=O)CCC(=O)N(CC(=O)O)C1CC1. The van der Waals surface area contributed by atoms with Gasteiger partial charge in [-0.05, 0) is 19.8 Å². The lowest BCUT2D eigenvalue weighted by molar-refractivity contribution is -0.147. The van der Waals surface area contributed by atoms with Gasteiger partial charge in [0.1, 0.15) is 6.54 Å². The van der Waals surface area contributed by atoms with E-state index in [0.717, 1.165) is 12.8 Å². The van der Waals surface area contributed by atoms with E-state index in [1.54, 1.807) is 6.92 Å². The summed E-state index contributed by atoms with van der Waals surface area (Å²) >= 11 is 0. The van der Waals surface area contributed by atoms with Gasteiger partial charge in [-0.1, -0.05) is 0 Å². The number of esters is 1. The Hall–Kier alpha value is -1.59. The van der Waals surface area contributed by atoms with Gasteiger partial charge in [-0.3, -0.25) is 14.4 Å². The maximum atomic E-state index is 11.7. The highest BCUT2D eigenvalue weighted by Gasteiger charge is 2.33. The number of carbonyl (C=O) groups is 3. The molecule has 0 bridgehead atoms. The van der Waals surface area contributed by atoms with Gasteiger partial charge in [-0.15, -0.1) is 0 Å². The molecule has 1 N–H and O–H groups in total. The molecule has 1 rings (SSSR count). The van der Waals surface area contributed by atoms with E-state index in [4.69, 9.17) is 9.84 Å². The molecule has 1 aliphatic carbocycles. The molecule has 17 heavy (non-hydrogen) atoms. The average molecular weight is 243 g/mol. The van der Waals surface area contributed by atoms with Gasteiger partial charge >= 0.3 is 11.9 Å². The Kier molecular flexibility index (Phi) is 4.93. The molecular formula is C11H17NO5. The molecular weight excluding hydrogens is 226 g/mol. The average Bonchev–Trinajstić information content (AvgIpc) is 3.06. The highest BCUT2D eigenvalue weighted by atomic mass is 16.5. The van der Waals surface area contributed by atoms with Crippen molar-refractivity contribution in [1.29, 1.82) is 0 Å². The summed E-state index contributed by atoms with van der Waals surface area (Å²) in [5.74, 6) is -1.74. The molecule has 0 radical (unpaired) electrons. The number of aliphatic carboxylic acids is 1. The Labute approximate surface area is 99.5 Å². The summed E-state index contributed by atoms with van der Waals surface area (Å²) in [6.07, 6.45) is 1.72. The van der Waals surface area contributed by atoms with Crippen molar-refractivity contribution in [2.24, 2.45) is 0 Å². The molecule has 1 aliphatic rings. The number of nitrogens with zero attached hydrogens (tertiary/aromatic N) is 1. The first kappa shape index (κ1) is 13.5. The van der Waals surface area contributed by atoms with Crippen molar-refractivity contribution in [2.75, 3.05) is 13.2 Å². The van der Waals surface area contributed by atoms with E-state index >= 15 is 0 Å². The van der Waals surface area contributed by atoms with Gasteiger partial charge in [-0.25, -0.2) is 0 Å². The van der Waals surface area contributed by atoms with Crippen LogP contribution in [0.2, 0.25) is 0 Å². The second-order valence-electron chi connectivity index (χ2n) is 3.95. The summed E-state index contributed by atoms with van der Waals surface area (Å²) in [6, 6.07) is 0.0424. The van der Waals surface area contributed by atoms with Gasteiger partial charge < -0.3 is 14.7 Å². The molecule has 6 nitrogen and oxygen atoms in total. The summed E-state index contributed by atoms with van der Waals surface area (Å²) in [5.41, 5.74) is 0. The van der Waals surface area contributed by atoms with Gasteiger partial charge in [0.2, 0.25) is 5.91 Å². The van der Waals surface area contributed by atoms with Crippen LogP contribution in [-0.4, -0.2) is 47.0 Å². The summed E-state index contributed by atoms with van der Waals surface area (Å²) < 4.78 is 4.70. The molecule has 0 saturated heterocycles. The minimum atomic E-state index is -1.03. The lowest BCUT2D eigenvalue weighted by Gasteiger charge is -2.19. The number of amides is 1. The normalized spacial score (nSPS) is 14.2. The fourth-order valence-corrected chi connectivity index (χ4v) is 1.54. The van der Waals surface area contributed by atoms with Crippen LogP contribution >= 0.6 is 0 Å². The molecule has 0 atom stereocenters. The lowest BCUT2D eigenvalue weighted by atomic mass is 10.2. The number of hydrogen-bond donors (Lipinski definition) is 1. The topological polar surface area (TPSA) is 83.9 Å². The van der Waals surface area contributed by atoms with Gasteiger partial charge in [-0.2, -0.15) is 0 Å². The van der Waals surface area contributed by atoms with Crippen molar-refractivity contribution in [3.8, 4) is 0 Å². The highest BCUT2D eigenvalue weighted by Crippen LogP contribution is 2.27. The van der Waals surface area contributed by atoms with Crippen LogP contribution in [0.1, 0.15) is 32.6 Å². The number of carbonyl (C=O) groups excluding carboxylic acids is 2. The van der Waals surface area contributed by atoms with E-state index in [1.807, 2.05) is 0 Å². The molecule has 96 valence electrons. The molecule has 0 aromatic carbocycles. The molecule has 1 fully saturated rings. The van der Waals surface area contributed by atoms with Gasteiger partial charge in [0.05, 0.1) is 13.0 Å². The number of hydrogen-bond acceptors (Lipinski definition) is 4. The lowest BCUT2D eigenvalue weighted by Crippen LogP contribution is -2.37. The molecule has 0 heterocycles. The number of ether oxygens (including phenoxy) is 1. The van der Waals surface area contributed by atoms with Crippen molar-refractivity contribution in [3.63, 3.8) is 0 Å². The molecule has 0 unspecified atom stereocenters. The maximum absolute atomic E-state index is 11.7. The zero-order valence-corrected chi connectivity index (χ0v) is 9.85. The van der Waals surface area contributed by atoms with Crippen molar-refractivity contribution < 1.29 is 24.2 Å². The summed E-state index contributed by atoms with van der Waals surface area (Å²) in [5, 5.41) is 8.69. The van der Waals surface area contributed by atoms with Crippen LogP contribution in [0.4, 0.5) is 0 Å². The van der Waals surface area contributed by atoms with E-state index in [2.05, 4.69) is 0 Å². The minimum absolute atomic E-state index is 0.00944. The van der Waals surface area contributed by atoms with Crippen molar-refractivity contribution in [3.05, 3.63) is 0 Å². The van der Waals surface area contributed by atoms with Crippen molar-refractivity contribution in [1.82, 2.24) is 4.90 Å². The summed E-state index contributed by atoms with van der Waals surface area (Å²) in [6.45, 7) is 1.70. The number of rotatable bonds is 7. The zero-order valence-electron chi connectivity index (χ0n) is 9.85. The highest BCUT2D eigenvalue weighted by molar-refractivity contribution is 5.84. The first-order valence-corrected chi connectivity index (χ1v) is 5.71. The smallest absolute Gasteiger partial charge is 0.323 e. The first-order valence-electron chi connectivity index (χ1n) is 5.71. The predicted octanol–water partition coefficient (Wildman–Crippen LogP) is 0.405. The zero-order chi connectivity index (χ0) is 12.8. The van der Waals surface area contributed by atoms with Gasteiger partial charge in [0.25, 0.3) is 0 Å². The molecule has 0 spiro atoms. The van der Waals surface area contributed by atoms with Crippen LogP contribution in [0.3, 0.4) is 0 Å². The Morgan fingerprint density at radius 3 is 2.41 bits per heavy atom.